The first-order valence-electron chi connectivity index (χ1n) is 17.4. The molecule has 2 atom stereocenters. The molecule has 4 aromatic carbocycles. The van der Waals surface area contributed by atoms with E-state index in [1.54, 1.807) is 26.4 Å². The average Bonchev–Trinajstić information content (AvgIpc) is 3.43. The van der Waals surface area contributed by atoms with Crippen LogP contribution in [0.15, 0.2) is 78.9 Å². The van der Waals surface area contributed by atoms with Crippen LogP contribution >= 0.6 is 0 Å². The number of ether oxygens (including phenoxy) is 3. The van der Waals surface area contributed by atoms with Crippen molar-refractivity contribution >= 4 is 12.4 Å². The van der Waals surface area contributed by atoms with Gasteiger partial charge in [0.05, 0.1) is 0 Å². The summed E-state index contributed by atoms with van der Waals surface area (Å²) >= 11 is 0.323. The molecule has 0 bridgehead atoms. The van der Waals surface area contributed by atoms with E-state index in [0.29, 0.717) is 44.7 Å². The molecule has 1 aliphatic carbocycles. The fourth-order valence-corrected chi connectivity index (χ4v) is 8.19. The number of fused-ring (bicyclic) bond motifs is 1. The van der Waals surface area contributed by atoms with Crippen molar-refractivity contribution in [2.75, 3.05) is 14.2 Å². The van der Waals surface area contributed by atoms with Gasteiger partial charge in [0.25, 0.3) is 0 Å². The van der Waals surface area contributed by atoms with Crippen molar-refractivity contribution in [1.29, 1.82) is 0 Å². The Balaban J connectivity index is 0.000000299. The molecule has 0 spiro atoms. The third-order valence-electron chi connectivity index (χ3n) is 9.14. The van der Waals surface area contributed by atoms with E-state index < -0.39 is 0 Å². The molecule has 8 nitrogen and oxygen atoms in total. The predicted octanol–water partition coefficient (Wildman–Crippen LogP) is 8.06. The second kappa shape index (κ2) is 15.8. The van der Waals surface area contributed by atoms with Crippen molar-refractivity contribution in [2.24, 2.45) is 0 Å². The molecule has 1 aliphatic heterocycles. The van der Waals surface area contributed by atoms with Gasteiger partial charge in [0.1, 0.15) is 11.5 Å². The molecule has 2 fully saturated rings. The molecule has 0 amide bonds. The van der Waals surface area contributed by atoms with Crippen molar-refractivity contribution in [3.63, 3.8) is 0 Å². The summed E-state index contributed by atoms with van der Waals surface area (Å²) in [4.78, 5) is 0. The van der Waals surface area contributed by atoms with Crippen LogP contribution in [0, 0.1) is 0 Å². The molecule has 6 rings (SSSR count). The topological polar surface area (TPSA) is 97.2 Å². The van der Waals surface area contributed by atoms with E-state index in [4.69, 9.17) is 14.2 Å². The Hall–Kier alpha value is -4.46. The largest absolute Gasteiger partial charge is 0.872 e. The minimum absolute atomic E-state index is 0.00888. The van der Waals surface area contributed by atoms with E-state index >= 15 is 0 Å². The monoisotopic (exact) mass is 734 g/mol. The Morgan fingerprint density at radius 1 is 0.647 bits per heavy atom. The van der Waals surface area contributed by atoms with Gasteiger partial charge in [-0.25, -0.2) is 0 Å². The van der Waals surface area contributed by atoms with E-state index in [1.165, 1.54) is 25.0 Å². The van der Waals surface area contributed by atoms with Crippen LogP contribution in [0.4, 0.5) is 0 Å². The van der Waals surface area contributed by atoms with Gasteiger partial charge < -0.3 is 9.84 Å². The minimum Gasteiger partial charge on any atom is -0.872 e. The quantitative estimate of drug-likeness (QED) is 0.195. The number of phenols is 2. The van der Waals surface area contributed by atoms with Crippen molar-refractivity contribution in [2.45, 2.75) is 90.1 Å². The Kier molecular flexibility index (Phi) is 11.7. The second-order valence-corrected chi connectivity index (χ2v) is 16.5. The average molecular weight is 735 g/mol. The summed E-state index contributed by atoms with van der Waals surface area (Å²) < 4.78 is 21.4. The van der Waals surface area contributed by atoms with Crippen LogP contribution in [0.5, 0.6) is 40.2 Å². The van der Waals surface area contributed by atoms with Crippen LogP contribution in [0.1, 0.15) is 89.5 Å². The maximum absolute atomic E-state index is 11.2. The van der Waals surface area contributed by atoms with Gasteiger partial charge in [0, 0.05) is 0 Å². The number of phenolic OH excluding ortho intramolecular Hbond substituents is 2. The molecule has 4 aromatic rings. The molecule has 1 saturated heterocycles. The van der Waals surface area contributed by atoms with Crippen LogP contribution in [0.25, 0.3) is 0 Å². The SMILES string of the molecule is COc1cc(C=[N+]2[Mn][N+](=Cc3cc(OC)cc(C(C)(C)C)c3O)[C@@H]3CCCC[C@H]32)c(O)c(C(C)(C)C)c1.[O-]c1ccc(Oc2ccccc2)cc1. The second-order valence-electron chi connectivity index (χ2n) is 15.1. The number of benzene rings is 4. The van der Waals surface area contributed by atoms with Gasteiger partial charge in [-0.3, -0.25) is 0 Å². The smallest absolute Gasteiger partial charge is 0.127 e. The summed E-state index contributed by atoms with van der Waals surface area (Å²) in [6.07, 6.45) is 8.81. The molecule has 1 saturated carbocycles. The van der Waals surface area contributed by atoms with Gasteiger partial charge >= 0.3 is 229 Å². The fourth-order valence-electron chi connectivity index (χ4n) is 6.35. The number of para-hydroxylation sites is 1. The first-order chi connectivity index (χ1) is 24.2. The zero-order chi connectivity index (χ0) is 36.9. The summed E-state index contributed by atoms with van der Waals surface area (Å²) in [6.45, 7) is 12.6. The molecule has 271 valence electrons. The van der Waals surface area contributed by atoms with E-state index in [2.05, 4.69) is 61.2 Å². The van der Waals surface area contributed by atoms with Gasteiger partial charge in [-0.05, 0) is 24.3 Å². The third-order valence-corrected chi connectivity index (χ3v) is 10.8. The van der Waals surface area contributed by atoms with Gasteiger partial charge in [-0.1, -0.05) is 30.3 Å². The van der Waals surface area contributed by atoms with Crippen molar-refractivity contribution in [1.82, 2.24) is 0 Å². The van der Waals surface area contributed by atoms with E-state index in [-0.39, 0.29) is 16.6 Å². The third kappa shape index (κ3) is 9.26. The normalized spacial score (nSPS) is 18.9. The molecule has 1 heterocycles. The first-order valence-corrected chi connectivity index (χ1v) is 18.5. The summed E-state index contributed by atoms with van der Waals surface area (Å²) in [5.41, 5.74) is 2.89. The zero-order valence-corrected chi connectivity index (χ0v) is 32.1. The van der Waals surface area contributed by atoms with E-state index in [0.717, 1.165) is 52.3 Å². The zero-order valence-electron chi connectivity index (χ0n) is 30.9. The Bertz CT molecular complexity index is 1780. The molecule has 0 radical (unpaired) electrons. The van der Waals surface area contributed by atoms with Crippen LogP contribution in [0.2, 0.25) is 0 Å². The number of rotatable bonds is 6. The van der Waals surface area contributed by atoms with Crippen LogP contribution in [0.3, 0.4) is 0 Å². The van der Waals surface area contributed by atoms with Gasteiger partial charge in [-0.15, -0.1) is 5.75 Å². The van der Waals surface area contributed by atoms with Crippen LogP contribution < -0.4 is 19.3 Å². The molecular formula is C42H51MnN2O6+. The fraction of sp³-hybridized carbons (Fsp3) is 0.381. The van der Waals surface area contributed by atoms with Crippen molar-refractivity contribution in [3.8, 4) is 40.2 Å². The molecule has 51 heavy (non-hydrogen) atoms. The van der Waals surface area contributed by atoms with Crippen molar-refractivity contribution in [3.05, 3.63) is 101 Å². The molecular weight excluding hydrogens is 683 g/mol. The number of nitrogens with zero attached hydrogens (tertiary/aromatic N) is 2. The maximum atomic E-state index is 11.2. The summed E-state index contributed by atoms with van der Waals surface area (Å²) in [6, 6.07) is 24.2. The van der Waals surface area contributed by atoms with Crippen molar-refractivity contribution < 1.29 is 52.1 Å². The Morgan fingerprint density at radius 2 is 1.08 bits per heavy atom. The number of hydrogen-bond acceptors (Lipinski definition) is 6. The molecule has 0 aromatic heterocycles. The molecule has 9 heteroatoms. The maximum Gasteiger partial charge on any atom is 0.127 e. The van der Waals surface area contributed by atoms with Crippen LogP contribution in [-0.4, -0.2) is 56.1 Å². The first kappa shape index (κ1) is 37.8. The molecule has 2 aliphatic rings. The standard InChI is InChI=1S/C30H42N2O4.C12H10O2.Mn/c1-29(2,3)23-15-21(35-7)13-19(27(23)33)17-31-25-11-9-10-12-26(25)32-18-20-14-22(36-8)16-24(28(20)34)30(4,5)6;13-10-6-8-12(9-7-10)14-11-4-2-1-3-5-11;/h13-18,25-26,33-34H,9-12H2,1-8H3;1-9,13H;/q;;+2/p-1/t25-,26-;;/m1../s1. The summed E-state index contributed by atoms with van der Waals surface area (Å²) in [5.74, 6) is 3.56. The molecule has 2 N–H and O–H groups in total. The number of aromatic hydroxyl groups is 2. The van der Waals surface area contributed by atoms with Gasteiger partial charge in [0.2, 0.25) is 0 Å². The van der Waals surface area contributed by atoms with E-state index in [1.807, 2.05) is 54.6 Å². The van der Waals surface area contributed by atoms with Gasteiger partial charge in [0.15, 0.2) is 0 Å². The number of hydrogen-bond donors (Lipinski definition) is 2. The number of methoxy groups -OCH3 is 2. The molecule has 0 unspecified atom stereocenters. The summed E-state index contributed by atoms with van der Waals surface area (Å²) in [7, 11) is 3.33. The van der Waals surface area contributed by atoms with Crippen LogP contribution in [-0.2, 0) is 26.2 Å². The Morgan fingerprint density at radius 3 is 1.49 bits per heavy atom. The van der Waals surface area contributed by atoms with Gasteiger partial charge in [-0.2, -0.15) is 0 Å². The summed E-state index contributed by atoms with van der Waals surface area (Å²) in [5, 5.41) is 33.3. The minimum atomic E-state index is -0.212. The predicted molar refractivity (Wildman–Crippen MR) is 196 cm³/mol. The Labute approximate surface area is 309 Å². The van der Waals surface area contributed by atoms with E-state index in [9.17, 15) is 15.3 Å².